The molecule has 3 aromatic carbocycles. The van der Waals surface area contributed by atoms with Crippen LogP contribution in [0.25, 0.3) is 5.76 Å². The lowest BCUT2D eigenvalue weighted by molar-refractivity contribution is -0.132. The quantitative estimate of drug-likeness (QED) is 0.299. The molecule has 0 aliphatic carbocycles. The average Bonchev–Trinajstić information content (AvgIpc) is 3.10. The second-order valence-electron chi connectivity index (χ2n) is 7.59. The number of methoxy groups -OCH3 is 1. The number of Topliss-reactive ketones (excluding diaryl/α,β-unsaturated/α-hetero) is 1. The van der Waals surface area contributed by atoms with Crippen LogP contribution in [0.5, 0.6) is 5.75 Å². The fourth-order valence-corrected chi connectivity index (χ4v) is 4.09. The third-order valence-corrected chi connectivity index (χ3v) is 5.96. The zero-order chi connectivity index (χ0) is 23.7. The molecule has 7 heteroatoms. The summed E-state index contributed by atoms with van der Waals surface area (Å²) in [6.07, 6.45) is 0.817. The Hall–Kier alpha value is -3.64. The van der Waals surface area contributed by atoms with Crippen LogP contribution in [0.3, 0.4) is 0 Å². The van der Waals surface area contributed by atoms with Crippen LogP contribution >= 0.6 is 11.6 Å². The predicted octanol–water partition coefficient (Wildman–Crippen LogP) is 5.68. The Kier molecular flexibility index (Phi) is 6.20. The Morgan fingerprint density at radius 3 is 2.45 bits per heavy atom. The van der Waals surface area contributed by atoms with Gasteiger partial charge in [-0.1, -0.05) is 54.9 Å². The molecule has 168 valence electrons. The number of aliphatic hydroxyl groups excluding tert-OH is 1. The summed E-state index contributed by atoms with van der Waals surface area (Å²) in [5.41, 5.74) is 2.21. The van der Waals surface area contributed by atoms with Gasteiger partial charge >= 0.3 is 0 Å². The zero-order valence-corrected chi connectivity index (χ0v) is 18.8. The molecule has 1 atom stereocenters. The lowest BCUT2D eigenvalue weighted by Gasteiger charge is -2.26. The number of hydrogen-bond acceptors (Lipinski definition) is 4. The molecule has 0 radical (unpaired) electrons. The van der Waals surface area contributed by atoms with Crippen LogP contribution in [-0.4, -0.2) is 23.9 Å². The van der Waals surface area contributed by atoms with Gasteiger partial charge in [0.2, 0.25) is 0 Å². The van der Waals surface area contributed by atoms with Crippen molar-refractivity contribution in [1.29, 1.82) is 0 Å². The molecule has 0 spiro atoms. The van der Waals surface area contributed by atoms with Crippen molar-refractivity contribution in [3.8, 4) is 5.75 Å². The van der Waals surface area contributed by atoms with Gasteiger partial charge in [-0.25, -0.2) is 4.39 Å². The van der Waals surface area contributed by atoms with Gasteiger partial charge in [0, 0.05) is 11.3 Å². The Morgan fingerprint density at radius 1 is 1.09 bits per heavy atom. The molecule has 0 aromatic heterocycles. The number of aryl methyl sites for hydroxylation is 1. The van der Waals surface area contributed by atoms with Gasteiger partial charge in [0.15, 0.2) is 0 Å². The molecule has 1 saturated heterocycles. The van der Waals surface area contributed by atoms with Crippen molar-refractivity contribution in [3.05, 3.63) is 99.8 Å². The van der Waals surface area contributed by atoms with Gasteiger partial charge in [0.25, 0.3) is 11.7 Å². The molecule has 1 aliphatic heterocycles. The number of benzene rings is 3. The van der Waals surface area contributed by atoms with Crippen molar-refractivity contribution in [2.24, 2.45) is 0 Å². The highest BCUT2D eigenvalue weighted by Gasteiger charge is 2.47. The molecular weight excluding hydrogens is 445 g/mol. The van der Waals surface area contributed by atoms with E-state index in [2.05, 4.69) is 0 Å². The Labute approximate surface area is 195 Å². The van der Waals surface area contributed by atoms with Gasteiger partial charge in [-0.2, -0.15) is 0 Å². The zero-order valence-electron chi connectivity index (χ0n) is 18.0. The smallest absolute Gasteiger partial charge is 0.300 e. The van der Waals surface area contributed by atoms with Gasteiger partial charge in [-0.05, 0) is 47.9 Å². The van der Waals surface area contributed by atoms with Crippen molar-refractivity contribution in [2.45, 2.75) is 19.4 Å². The number of ether oxygens (including phenoxy) is 1. The van der Waals surface area contributed by atoms with Gasteiger partial charge in [0.05, 0.1) is 23.7 Å². The number of halogens is 2. The minimum Gasteiger partial charge on any atom is -0.507 e. The van der Waals surface area contributed by atoms with Crippen LogP contribution in [0.1, 0.15) is 29.7 Å². The van der Waals surface area contributed by atoms with Crippen LogP contribution in [0.2, 0.25) is 5.02 Å². The Morgan fingerprint density at radius 2 is 1.82 bits per heavy atom. The van der Waals surface area contributed by atoms with E-state index in [0.717, 1.165) is 18.1 Å². The first kappa shape index (κ1) is 22.6. The fourth-order valence-electron chi connectivity index (χ4n) is 3.91. The van der Waals surface area contributed by atoms with Gasteiger partial charge in [0.1, 0.15) is 17.3 Å². The van der Waals surface area contributed by atoms with Crippen LogP contribution < -0.4 is 9.64 Å². The number of carbonyl (C=O) groups is 2. The van der Waals surface area contributed by atoms with Crippen molar-refractivity contribution in [1.82, 2.24) is 0 Å². The lowest BCUT2D eigenvalue weighted by atomic mass is 9.94. The molecule has 1 amide bonds. The topological polar surface area (TPSA) is 66.8 Å². The van der Waals surface area contributed by atoms with E-state index >= 15 is 0 Å². The first-order valence-corrected chi connectivity index (χ1v) is 10.7. The van der Waals surface area contributed by atoms with Crippen molar-refractivity contribution < 1.29 is 23.8 Å². The second kappa shape index (κ2) is 9.08. The first-order valence-electron chi connectivity index (χ1n) is 10.3. The van der Waals surface area contributed by atoms with Gasteiger partial charge in [-0.15, -0.1) is 0 Å². The number of anilines is 1. The van der Waals surface area contributed by atoms with E-state index < -0.39 is 23.5 Å². The van der Waals surface area contributed by atoms with E-state index in [9.17, 15) is 19.1 Å². The number of rotatable bonds is 5. The maximum absolute atomic E-state index is 13.8. The van der Waals surface area contributed by atoms with Crippen LogP contribution in [0.4, 0.5) is 10.1 Å². The monoisotopic (exact) mass is 465 g/mol. The molecule has 4 rings (SSSR count). The van der Waals surface area contributed by atoms with Gasteiger partial charge in [-0.3, -0.25) is 14.5 Å². The molecule has 1 aliphatic rings. The highest BCUT2D eigenvalue weighted by molar-refractivity contribution is 6.51. The normalized spacial score (nSPS) is 17.5. The predicted molar refractivity (Wildman–Crippen MR) is 125 cm³/mol. The Bertz CT molecular complexity index is 1270. The van der Waals surface area contributed by atoms with Crippen molar-refractivity contribution in [2.75, 3.05) is 12.0 Å². The van der Waals surface area contributed by atoms with Crippen molar-refractivity contribution >= 4 is 34.7 Å². The van der Waals surface area contributed by atoms with E-state index in [-0.39, 0.29) is 22.0 Å². The number of ketones is 1. The highest BCUT2D eigenvalue weighted by Crippen LogP contribution is 2.43. The number of aliphatic hydroxyl groups is 1. The summed E-state index contributed by atoms with van der Waals surface area (Å²) >= 11 is 5.96. The highest BCUT2D eigenvalue weighted by atomic mass is 35.5. The van der Waals surface area contributed by atoms with Gasteiger partial charge < -0.3 is 9.84 Å². The summed E-state index contributed by atoms with van der Waals surface area (Å²) in [7, 11) is 1.49. The van der Waals surface area contributed by atoms with E-state index in [1.54, 1.807) is 24.3 Å². The SMILES string of the molecule is CCc1ccc(C2/C(=C(\O)c3cccc(OC)c3)C(=O)C(=O)N2c2ccc(F)c(Cl)c2)cc1. The van der Waals surface area contributed by atoms with Crippen LogP contribution in [-0.2, 0) is 16.0 Å². The second-order valence-corrected chi connectivity index (χ2v) is 8.00. The number of hydrogen-bond donors (Lipinski definition) is 1. The molecule has 33 heavy (non-hydrogen) atoms. The van der Waals surface area contributed by atoms with E-state index in [4.69, 9.17) is 16.3 Å². The van der Waals surface area contributed by atoms with Crippen LogP contribution in [0.15, 0.2) is 72.3 Å². The maximum atomic E-state index is 13.8. The fraction of sp³-hybridized carbons (Fsp3) is 0.154. The minimum absolute atomic E-state index is 0.0713. The average molecular weight is 466 g/mol. The molecule has 0 saturated carbocycles. The largest absolute Gasteiger partial charge is 0.507 e. The third-order valence-electron chi connectivity index (χ3n) is 5.67. The summed E-state index contributed by atoms with van der Waals surface area (Å²) in [4.78, 5) is 27.6. The summed E-state index contributed by atoms with van der Waals surface area (Å²) in [6, 6.07) is 16.9. The standard InChI is InChI=1S/C26H21ClFNO4/c1-3-15-7-9-16(10-8-15)23-22(24(30)17-5-4-6-19(13-17)33-2)25(31)26(32)29(23)18-11-12-21(28)20(27)14-18/h4-14,23,30H,3H2,1-2H3/b24-22+. The first-order chi connectivity index (χ1) is 15.8. The lowest BCUT2D eigenvalue weighted by Crippen LogP contribution is -2.29. The third kappa shape index (κ3) is 4.10. The molecule has 0 bridgehead atoms. The molecule has 1 heterocycles. The van der Waals surface area contributed by atoms with E-state index in [1.807, 2.05) is 31.2 Å². The summed E-state index contributed by atoms with van der Waals surface area (Å²) in [5, 5.41) is 11.0. The number of nitrogens with zero attached hydrogens (tertiary/aromatic N) is 1. The minimum atomic E-state index is -0.927. The summed E-state index contributed by atoms with van der Waals surface area (Å²) < 4.78 is 19.0. The van der Waals surface area contributed by atoms with E-state index in [0.29, 0.717) is 16.9 Å². The molecular formula is C26H21ClFNO4. The van der Waals surface area contributed by atoms with Crippen molar-refractivity contribution in [3.63, 3.8) is 0 Å². The molecule has 3 aromatic rings. The molecule has 1 fully saturated rings. The van der Waals surface area contributed by atoms with E-state index in [1.165, 1.54) is 24.1 Å². The Balaban J connectivity index is 1.94. The maximum Gasteiger partial charge on any atom is 0.300 e. The molecule has 5 nitrogen and oxygen atoms in total. The number of amides is 1. The molecule has 1 unspecified atom stereocenters. The van der Waals surface area contributed by atoms with Crippen LogP contribution in [0, 0.1) is 5.82 Å². The summed E-state index contributed by atoms with van der Waals surface area (Å²) in [5.74, 6) is -2.17. The number of carbonyl (C=O) groups excluding carboxylic acids is 2. The molecule has 1 N–H and O–H groups in total. The summed E-state index contributed by atoms with van der Waals surface area (Å²) in [6.45, 7) is 2.02.